The van der Waals surface area contributed by atoms with Crippen molar-refractivity contribution in [3.63, 3.8) is 0 Å². The van der Waals surface area contributed by atoms with Crippen LogP contribution in [0.25, 0.3) is 0 Å². The Morgan fingerprint density at radius 1 is 1.50 bits per heavy atom. The number of aldehydes is 1. The molecule has 3 N–H and O–H groups in total. The summed E-state index contributed by atoms with van der Waals surface area (Å²) >= 11 is 0. The quantitative estimate of drug-likeness (QED) is 0.375. The van der Waals surface area contributed by atoms with E-state index in [1.807, 2.05) is 0 Å². The number of aliphatic hydroxyl groups excluding tert-OH is 2. The minimum atomic E-state index is -1.21. The number of nitrogens with zero attached hydrogens (tertiary/aromatic N) is 1. The first-order valence-electron chi connectivity index (χ1n) is 5.25. The first-order valence-corrected chi connectivity index (χ1v) is 5.25. The van der Waals surface area contributed by atoms with Crippen molar-refractivity contribution in [3.05, 3.63) is 39.4 Å². The third-order valence-corrected chi connectivity index (χ3v) is 2.49. The lowest BCUT2D eigenvalue weighted by Crippen LogP contribution is -2.29. The topological polar surface area (TPSA) is 113 Å². The maximum absolute atomic E-state index is 10.7. The Hall–Kier alpha value is -1.83. The van der Waals surface area contributed by atoms with Crippen molar-refractivity contribution in [1.82, 2.24) is 5.32 Å². The fraction of sp³-hybridized carbons (Fsp3) is 0.364. The fourth-order valence-corrected chi connectivity index (χ4v) is 1.56. The summed E-state index contributed by atoms with van der Waals surface area (Å²) in [5, 5.41) is 32.7. The van der Waals surface area contributed by atoms with E-state index in [-0.39, 0.29) is 23.4 Å². The highest BCUT2D eigenvalue weighted by Gasteiger charge is 2.21. The summed E-state index contributed by atoms with van der Waals surface area (Å²) in [6.07, 6.45) is -1.92. The van der Waals surface area contributed by atoms with Crippen LogP contribution in [0.15, 0.2) is 18.2 Å². The molecule has 18 heavy (non-hydrogen) atoms. The van der Waals surface area contributed by atoms with Gasteiger partial charge in [0.1, 0.15) is 6.10 Å². The molecule has 0 saturated carbocycles. The van der Waals surface area contributed by atoms with Crippen LogP contribution >= 0.6 is 0 Å². The van der Waals surface area contributed by atoms with E-state index >= 15 is 0 Å². The fourth-order valence-electron chi connectivity index (χ4n) is 1.56. The van der Waals surface area contributed by atoms with Crippen molar-refractivity contribution in [3.8, 4) is 0 Å². The molecule has 0 aliphatic heterocycles. The largest absolute Gasteiger partial charge is 0.389 e. The van der Waals surface area contributed by atoms with Gasteiger partial charge in [-0.05, 0) is 24.7 Å². The molecule has 0 aliphatic carbocycles. The molecule has 98 valence electrons. The molecule has 7 heteroatoms. The van der Waals surface area contributed by atoms with E-state index in [1.54, 1.807) is 7.05 Å². The average molecular weight is 254 g/mol. The molecule has 1 aromatic carbocycles. The van der Waals surface area contributed by atoms with Crippen molar-refractivity contribution in [1.29, 1.82) is 0 Å². The molecule has 7 nitrogen and oxygen atoms in total. The summed E-state index contributed by atoms with van der Waals surface area (Å²) in [5.74, 6) is 0. The van der Waals surface area contributed by atoms with Crippen molar-refractivity contribution in [2.24, 2.45) is 0 Å². The maximum atomic E-state index is 10.7. The summed E-state index contributed by atoms with van der Waals surface area (Å²) in [7, 11) is 1.61. The van der Waals surface area contributed by atoms with E-state index in [0.717, 1.165) is 6.07 Å². The second kappa shape index (κ2) is 6.20. The third-order valence-electron chi connectivity index (χ3n) is 2.49. The number of hydrogen-bond donors (Lipinski definition) is 3. The Kier molecular flexibility index (Phi) is 4.90. The van der Waals surface area contributed by atoms with Crippen LogP contribution in [0.3, 0.4) is 0 Å². The van der Waals surface area contributed by atoms with Gasteiger partial charge in [0.2, 0.25) is 0 Å². The lowest BCUT2D eigenvalue weighted by molar-refractivity contribution is -0.385. The van der Waals surface area contributed by atoms with Gasteiger partial charge in [0.15, 0.2) is 6.29 Å². The predicted molar refractivity (Wildman–Crippen MR) is 63.4 cm³/mol. The number of carbonyl (C=O) groups excluding carboxylic acids is 1. The number of rotatable bonds is 6. The lowest BCUT2D eigenvalue weighted by Gasteiger charge is -2.17. The van der Waals surface area contributed by atoms with Crippen LogP contribution in [0, 0.1) is 10.1 Å². The van der Waals surface area contributed by atoms with Crippen molar-refractivity contribution in [2.75, 3.05) is 13.6 Å². The van der Waals surface area contributed by atoms with Gasteiger partial charge in [-0.1, -0.05) is 0 Å². The van der Waals surface area contributed by atoms with E-state index < -0.39 is 17.1 Å². The molecule has 1 aromatic rings. The van der Waals surface area contributed by atoms with Crippen LogP contribution in [0.1, 0.15) is 22.0 Å². The third kappa shape index (κ3) is 3.10. The highest BCUT2D eigenvalue weighted by molar-refractivity contribution is 5.81. The normalized spacial score (nSPS) is 13.9. The minimum absolute atomic E-state index is 0.131. The average Bonchev–Trinajstić information content (AvgIpc) is 2.37. The van der Waals surface area contributed by atoms with E-state index in [9.17, 15) is 25.1 Å². The molecule has 0 aliphatic rings. The Balaban J connectivity index is 3.05. The zero-order chi connectivity index (χ0) is 13.7. The SMILES string of the molecule is CNCC(O)C(O)c1ccc([N+](=O)[O-])c(C=O)c1. The highest BCUT2D eigenvalue weighted by atomic mass is 16.6. The van der Waals surface area contributed by atoms with Gasteiger partial charge in [-0.2, -0.15) is 0 Å². The van der Waals surface area contributed by atoms with Crippen LogP contribution in [0.5, 0.6) is 0 Å². The number of likely N-dealkylation sites (N-methyl/N-ethyl adjacent to an activating group) is 1. The zero-order valence-electron chi connectivity index (χ0n) is 9.74. The highest BCUT2D eigenvalue weighted by Crippen LogP contribution is 2.23. The first-order chi connectivity index (χ1) is 8.51. The van der Waals surface area contributed by atoms with Crippen molar-refractivity contribution < 1.29 is 19.9 Å². The van der Waals surface area contributed by atoms with Crippen LogP contribution in [0.4, 0.5) is 5.69 Å². The second-order valence-corrected chi connectivity index (χ2v) is 3.76. The monoisotopic (exact) mass is 254 g/mol. The number of nitro groups is 1. The summed E-state index contributed by atoms with van der Waals surface area (Å²) in [5.41, 5.74) is -0.206. The van der Waals surface area contributed by atoms with Crippen LogP contribution in [-0.4, -0.2) is 41.1 Å². The molecule has 0 amide bonds. The minimum Gasteiger partial charge on any atom is -0.389 e. The molecule has 0 bridgehead atoms. The van der Waals surface area contributed by atoms with Gasteiger partial charge in [-0.25, -0.2) is 0 Å². The van der Waals surface area contributed by atoms with E-state index in [4.69, 9.17) is 0 Å². The van der Waals surface area contributed by atoms with E-state index in [2.05, 4.69) is 5.32 Å². The molecular formula is C11H14N2O5. The maximum Gasteiger partial charge on any atom is 0.279 e. The molecule has 0 fully saturated rings. The molecule has 0 aromatic heterocycles. The molecule has 0 saturated heterocycles. The van der Waals surface area contributed by atoms with Gasteiger partial charge in [-0.3, -0.25) is 14.9 Å². The van der Waals surface area contributed by atoms with E-state index in [1.165, 1.54) is 12.1 Å². The molecule has 2 atom stereocenters. The van der Waals surface area contributed by atoms with Gasteiger partial charge in [-0.15, -0.1) is 0 Å². The Morgan fingerprint density at radius 2 is 2.17 bits per heavy atom. The first kappa shape index (κ1) is 14.2. The number of benzene rings is 1. The Labute approximate surface area is 103 Å². The zero-order valence-corrected chi connectivity index (χ0v) is 9.74. The number of nitrogens with one attached hydrogen (secondary N) is 1. The lowest BCUT2D eigenvalue weighted by atomic mass is 10.0. The molecule has 2 unspecified atom stereocenters. The van der Waals surface area contributed by atoms with Gasteiger partial charge < -0.3 is 15.5 Å². The number of carbonyl (C=O) groups is 1. The van der Waals surface area contributed by atoms with Gasteiger partial charge in [0.05, 0.1) is 16.6 Å². The molecule has 0 spiro atoms. The van der Waals surface area contributed by atoms with Gasteiger partial charge in [0.25, 0.3) is 5.69 Å². The summed E-state index contributed by atoms with van der Waals surface area (Å²) in [6.45, 7) is 0.161. The second-order valence-electron chi connectivity index (χ2n) is 3.76. The molecule has 0 radical (unpaired) electrons. The van der Waals surface area contributed by atoms with Gasteiger partial charge >= 0.3 is 0 Å². The number of aliphatic hydroxyl groups is 2. The smallest absolute Gasteiger partial charge is 0.279 e. The Morgan fingerprint density at radius 3 is 2.67 bits per heavy atom. The molecule has 1 rings (SSSR count). The number of hydrogen-bond acceptors (Lipinski definition) is 6. The van der Waals surface area contributed by atoms with E-state index in [0.29, 0.717) is 6.29 Å². The van der Waals surface area contributed by atoms with Crippen LogP contribution in [-0.2, 0) is 0 Å². The predicted octanol–water partition coefficient (Wildman–Crippen LogP) is 0.0210. The van der Waals surface area contributed by atoms with Crippen molar-refractivity contribution >= 4 is 12.0 Å². The van der Waals surface area contributed by atoms with Crippen LogP contribution < -0.4 is 5.32 Å². The summed E-state index contributed by atoms with van der Waals surface area (Å²) in [6, 6.07) is 3.65. The van der Waals surface area contributed by atoms with Gasteiger partial charge in [0, 0.05) is 12.6 Å². The summed E-state index contributed by atoms with van der Waals surface area (Å²) in [4.78, 5) is 20.7. The van der Waals surface area contributed by atoms with Crippen molar-refractivity contribution in [2.45, 2.75) is 12.2 Å². The molecule has 0 heterocycles. The number of nitro benzene ring substituents is 1. The molecular weight excluding hydrogens is 240 g/mol. The standard InChI is InChI=1S/C11H14N2O5/c1-12-5-10(15)11(16)7-2-3-9(13(17)18)8(4-7)6-14/h2-4,6,10-12,15-16H,5H2,1H3. The Bertz CT molecular complexity index is 449. The van der Waals surface area contributed by atoms with Crippen LogP contribution in [0.2, 0.25) is 0 Å². The summed E-state index contributed by atoms with van der Waals surface area (Å²) < 4.78 is 0.